The molecule has 0 aromatic heterocycles. The summed E-state index contributed by atoms with van der Waals surface area (Å²) in [6.45, 7) is 13.7. The second-order valence-electron chi connectivity index (χ2n) is 14.7. The van der Waals surface area contributed by atoms with E-state index in [1.807, 2.05) is 24.3 Å². The fraction of sp³-hybridized carbons (Fsp3) is 0.750. The summed E-state index contributed by atoms with van der Waals surface area (Å²) in [4.78, 5) is 0. The Morgan fingerprint density at radius 2 is 1.82 bits per heavy atom. The normalized spacial score (nSPS) is 36.1. The summed E-state index contributed by atoms with van der Waals surface area (Å²) >= 11 is 0. The molecule has 5 rings (SSSR count). The number of para-hydroxylation sites is 1. The Balaban J connectivity index is 1.16. The monoisotopic (exact) mass is 549 g/mol. The van der Waals surface area contributed by atoms with Gasteiger partial charge in [0, 0.05) is 5.56 Å². The Kier molecular flexibility index (Phi) is 9.34. The van der Waals surface area contributed by atoms with E-state index in [0.29, 0.717) is 30.1 Å². The van der Waals surface area contributed by atoms with Crippen molar-refractivity contribution in [1.29, 1.82) is 0 Å². The first-order valence-corrected chi connectivity index (χ1v) is 16.5. The van der Waals surface area contributed by atoms with Crippen molar-refractivity contribution in [3.8, 4) is 5.75 Å². The molecular formula is C36H55NO3. The molecule has 0 saturated heterocycles. The van der Waals surface area contributed by atoms with Crippen molar-refractivity contribution < 1.29 is 14.7 Å². The van der Waals surface area contributed by atoms with Crippen LogP contribution in [0.1, 0.15) is 111 Å². The molecule has 1 N–H and O–H groups in total. The maximum absolute atomic E-state index is 8.89. The van der Waals surface area contributed by atoms with E-state index in [1.54, 1.807) is 5.57 Å². The summed E-state index contributed by atoms with van der Waals surface area (Å²) in [5, 5.41) is 12.0. The van der Waals surface area contributed by atoms with Gasteiger partial charge < -0.3 is 14.7 Å². The van der Waals surface area contributed by atoms with Gasteiger partial charge in [-0.1, -0.05) is 82.8 Å². The maximum Gasteiger partial charge on any atom is 0.128 e. The predicted octanol–water partition coefficient (Wildman–Crippen LogP) is 9.30. The molecule has 0 amide bonds. The molecule has 4 aliphatic rings. The first-order chi connectivity index (χ1) is 19.3. The van der Waals surface area contributed by atoms with Crippen LogP contribution in [0.2, 0.25) is 0 Å². The van der Waals surface area contributed by atoms with Crippen molar-refractivity contribution in [2.24, 2.45) is 51.5 Å². The highest BCUT2D eigenvalue weighted by Gasteiger charge is 2.59. The quantitative estimate of drug-likeness (QED) is 0.0983. The molecule has 1 aromatic carbocycles. The van der Waals surface area contributed by atoms with E-state index in [4.69, 9.17) is 14.7 Å². The van der Waals surface area contributed by atoms with Gasteiger partial charge in [0.1, 0.15) is 12.4 Å². The zero-order chi connectivity index (χ0) is 28.3. The third kappa shape index (κ3) is 5.90. The first kappa shape index (κ1) is 29.7. The lowest BCUT2D eigenvalue weighted by Crippen LogP contribution is -2.51. The lowest BCUT2D eigenvalue weighted by molar-refractivity contribution is -0.0653. The minimum Gasteiger partial charge on any atom is -0.491 e. The molecule has 222 valence electrons. The maximum atomic E-state index is 8.89. The van der Waals surface area contributed by atoms with E-state index in [2.05, 4.69) is 45.9 Å². The van der Waals surface area contributed by atoms with Crippen LogP contribution in [0.4, 0.5) is 0 Å². The van der Waals surface area contributed by atoms with E-state index in [9.17, 15) is 0 Å². The molecule has 0 radical (unpaired) electrons. The number of rotatable bonds is 11. The third-order valence-electron chi connectivity index (χ3n) is 12.1. The second kappa shape index (κ2) is 12.6. The Hall–Kier alpha value is -1.81. The van der Waals surface area contributed by atoms with Crippen LogP contribution in [0.3, 0.4) is 0 Å². The summed E-state index contributed by atoms with van der Waals surface area (Å²) < 4.78 is 12.3. The van der Waals surface area contributed by atoms with Crippen LogP contribution in [0.25, 0.3) is 0 Å². The highest BCUT2D eigenvalue weighted by Crippen LogP contribution is 2.67. The van der Waals surface area contributed by atoms with Crippen LogP contribution in [0.15, 0.2) is 41.1 Å². The minimum absolute atomic E-state index is 0.296. The molecule has 4 aliphatic carbocycles. The second-order valence-corrected chi connectivity index (χ2v) is 14.7. The van der Waals surface area contributed by atoms with E-state index in [-0.39, 0.29) is 0 Å². The molecule has 40 heavy (non-hydrogen) atoms. The van der Waals surface area contributed by atoms with Crippen molar-refractivity contribution in [3.05, 3.63) is 41.5 Å². The lowest BCUT2D eigenvalue weighted by Gasteiger charge is -2.58. The Morgan fingerprint density at radius 1 is 1.00 bits per heavy atom. The van der Waals surface area contributed by atoms with Gasteiger partial charge >= 0.3 is 0 Å². The van der Waals surface area contributed by atoms with E-state index in [1.165, 1.54) is 64.0 Å². The van der Waals surface area contributed by atoms with Crippen LogP contribution < -0.4 is 4.74 Å². The van der Waals surface area contributed by atoms with Gasteiger partial charge in [-0.3, -0.25) is 0 Å². The average molecular weight is 550 g/mol. The number of allylic oxidation sites excluding steroid dienone is 1. The summed E-state index contributed by atoms with van der Waals surface area (Å²) in [6.07, 6.45) is 19.2. The molecule has 4 heteroatoms. The molecule has 0 spiro atoms. The molecule has 0 aliphatic heterocycles. The van der Waals surface area contributed by atoms with Crippen molar-refractivity contribution in [2.75, 3.05) is 13.2 Å². The standard InChI is InChI=1S/C36H55NO3/c1-25(2)9-8-10-26(3)31-15-16-32-30-14-13-28-23-29(17-19-35(28,4)33(30)18-20-36(31,32)5)39-21-22-40-34-12-7-6-11-27(34)24-37-38/h6-7,11-13,24-26,29-33,38H,8-10,14-23H2,1-5H3/b37-24+/t26-,29+,30+,31-,32+,33+,35+,36-/m1/s1. The van der Waals surface area contributed by atoms with Gasteiger partial charge in [0.2, 0.25) is 0 Å². The van der Waals surface area contributed by atoms with Crippen LogP contribution in [-0.2, 0) is 4.74 Å². The molecule has 0 heterocycles. The van der Waals surface area contributed by atoms with Crippen molar-refractivity contribution in [1.82, 2.24) is 0 Å². The van der Waals surface area contributed by atoms with E-state index < -0.39 is 0 Å². The van der Waals surface area contributed by atoms with Gasteiger partial charge in [-0.05, 0) is 110 Å². The van der Waals surface area contributed by atoms with Gasteiger partial charge in [0.25, 0.3) is 0 Å². The van der Waals surface area contributed by atoms with Crippen LogP contribution >= 0.6 is 0 Å². The molecular weight excluding hydrogens is 494 g/mol. The highest BCUT2D eigenvalue weighted by molar-refractivity contribution is 5.82. The molecule has 1 aromatic rings. The lowest BCUT2D eigenvalue weighted by atomic mass is 9.47. The molecule has 3 fully saturated rings. The summed E-state index contributed by atoms with van der Waals surface area (Å²) in [5.74, 6) is 6.03. The average Bonchev–Trinajstić information content (AvgIpc) is 3.29. The fourth-order valence-corrected chi connectivity index (χ4v) is 9.94. The smallest absolute Gasteiger partial charge is 0.128 e. The Labute approximate surface area is 244 Å². The van der Waals surface area contributed by atoms with E-state index >= 15 is 0 Å². The molecule has 4 nitrogen and oxygen atoms in total. The predicted molar refractivity (Wildman–Crippen MR) is 164 cm³/mol. The number of hydrogen-bond donors (Lipinski definition) is 1. The van der Waals surface area contributed by atoms with Crippen molar-refractivity contribution in [2.45, 2.75) is 111 Å². The van der Waals surface area contributed by atoms with Crippen molar-refractivity contribution in [3.63, 3.8) is 0 Å². The first-order valence-electron chi connectivity index (χ1n) is 16.5. The van der Waals surface area contributed by atoms with Gasteiger partial charge in [-0.2, -0.15) is 0 Å². The molecule has 0 bridgehead atoms. The van der Waals surface area contributed by atoms with Gasteiger partial charge in [-0.15, -0.1) is 0 Å². The van der Waals surface area contributed by atoms with Crippen LogP contribution in [0, 0.1) is 46.3 Å². The summed E-state index contributed by atoms with van der Waals surface area (Å²) in [6, 6.07) is 7.63. The summed E-state index contributed by atoms with van der Waals surface area (Å²) in [5.41, 5.74) is 3.39. The fourth-order valence-electron chi connectivity index (χ4n) is 9.94. The minimum atomic E-state index is 0.296. The van der Waals surface area contributed by atoms with Crippen molar-refractivity contribution >= 4 is 6.21 Å². The summed E-state index contributed by atoms with van der Waals surface area (Å²) in [7, 11) is 0. The number of fused-ring (bicyclic) bond motifs is 5. The van der Waals surface area contributed by atoms with Gasteiger partial charge in [0.15, 0.2) is 0 Å². The topological polar surface area (TPSA) is 51.0 Å². The zero-order valence-corrected chi connectivity index (χ0v) is 25.9. The van der Waals surface area contributed by atoms with Crippen LogP contribution in [0.5, 0.6) is 5.75 Å². The molecule has 8 atom stereocenters. The number of hydrogen-bond acceptors (Lipinski definition) is 4. The SMILES string of the molecule is CC(C)CCC[C@@H](C)[C@H]1CC[C@H]2[C@@H]3CC=C4C[C@@H](OCCOc5ccccc5/C=N/O)CC[C@]4(C)[C@H]3CC[C@]12C. The number of oxime groups is 1. The van der Waals surface area contributed by atoms with Gasteiger partial charge in [0.05, 0.1) is 18.9 Å². The van der Waals surface area contributed by atoms with E-state index in [0.717, 1.165) is 59.7 Å². The zero-order valence-electron chi connectivity index (χ0n) is 25.9. The number of nitrogens with zero attached hydrogens (tertiary/aromatic N) is 1. The van der Waals surface area contributed by atoms with Gasteiger partial charge in [-0.25, -0.2) is 0 Å². The Bertz CT molecular complexity index is 1050. The van der Waals surface area contributed by atoms with Crippen LogP contribution in [-0.4, -0.2) is 30.7 Å². The largest absolute Gasteiger partial charge is 0.491 e. The Morgan fingerprint density at radius 3 is 2.62 bits per heavy atom. The molecule has 0 unspecified atom stereocenters. The number of ether oxygens (including phenoxy) is 2. The number of benzene rings is 1. The highest BCUT2D eigenvalue weighted by atomic mass is 16.5. The third-order valence-corrected chi connectivity index (χ3v) is 12.1. The molecule has 3 saturated carbocycles.